The minimum absolute atomic E-state index is 0.107. The summed E-state index contributed by atoms with van der Waals surface area (Å²) in [5.74, 6) is -0.692. The van der Waals surface area contributed by atoms with Gasteiger partial charge in [-0.05, 0) is 25.1 Å². The van der Waals surface area contributed by atoms with Crippen LogP contribution < -0.4 is 10.1 Å². The Balaban J connectivity index is 2.28. The summed E-state index contributed by atoms with van der Waals surface area (Å²) in [6.07, 6.45) is 0. The van der Waals surface area contributed by atoms with Crippen molar-refractivity contribution in [2.24, 2.45) is 0 Å². The summed E-state index contributed by atoms with van der Waals surface area (Å²) < 4.78 is 32.4. The molecule has 2 nitrogen and oxygen atoms in total. The molecule has 112 valence electrons. The Morgan fingerprint density at radius 1 is 1.05 bits per heavy atom. The van der Waals surface area contributed by atoms with Gasteiger partial charge in [-0.1, -0.05) is 31.5 Å². The Kier molecular flexibility index (Phi) is 4.91. The molecule has 0 saturated carbocycles. The summed E-state index contributed by atoms with van der Waals surface area (Å²) in [7, 11) is 0. The standard InChI is InChI=1S/C17H19F2NO/c1-11(2)20-10-13-8-12(3)4-7-16(13)21-17-9-14(18)5-6-15(17)19/h4-9,11,20H,10H2,1-3H3. The van der Waals surface area contributed by atoms with Crippen molar-refractivity contribution in [2.45, 2.75) is 33.4 Å². The Morgan fingerprint density at radius 3 is 2.52 bits per heavy atom. The second-order valence-electron chi connectivity index (χ2n) is 5.32. The molecule has 0 aliphatic rings. The number of ether oxygens (including phenoxy) is 1. The zero-order chi connectivity index (χ0) is 15.4. The molecule has 0 amide bonds. The van der Waals surface area contributed by atoms with E-state index in [4.69, 9.17) is 4.74 Å². The van der Waals surface area contributed by atoms with Gasteiger partial charge in [0.2, 0.25) is 0 Å². The summed E-state index contributed by atoms with van der Waals surface area (Å²) in [5.41, 5.74) is 2.00. The van der Waals surface area contributed by atoms with Gasteiger partial charge in [-0.2, -0.15) is 0 Å². The maximum atomic E-state index is 13.7. The molecule has 0 bridgehead atoms. The summed E-state index contributed by atoms with van der Waals surface area (Å²) in [6.45, 7) is 6.67. The van der Waals surface area contributed by atoms with Crippen LogP contribution in [0.2, 0.25) is 0 Å². The van der Waals surface area contributed by atoms with Crippen molar-refractivity contribution < 1.29 is 13.5 Å². The molecule has 0 radical (unpaired) electrons. The number of nitrogens with one attached hydrogen (secondary N) is 1. The molecular weight excluding hydrogens is 272 g/mol. The molecule has 1 N–H and O–H groups in total. The van der Waals surface area contributed by atoms with Crippen LogP contribution >= 0.6 is 0 Å². The van der Waals surface area contributed by atoms with Crippen LogP contribution in [0, 0.1) is 18.6 Å². The number of benzene rings is 2. The maximum Gasteiger partial charge on any atom is 0.165 e. The Morgan fingerprint density at radius 2 is 1.81 bits per heavy atom. The molecule has 0 heterocycles. The van der Waals surface area contributed by atoms with Gasteiger partial charge < -0.3 is 10.1 Å². The molecule has 0 saturated heterocycles. The minimum Gasteiger partial charge on any atom is -0.454 e. The van der Waals surface area contributed by atoms with Crippen molar-refractivity contribution in [2.75, 3.05) is 0 Å². The Bertz CT molecular complexity index is 626. The maximum absolute atomic E-state index is 13.7. The van der Waals surface area contributed by atoms with Crippen molar-refractivity contribution in [3.8, 4) is 11.5 Å². The van der Waals surface area contributed by atoms with E-state index in [0.29, 0.717) is 18.3 Å². The van der Waals surface area contributed by atoms with E-state index < -0.39 is 11.6 Å². The van der Waals surface area contributed by atoms with Crippen LogP contribution in [0.4, 0.5) is 8.78 Å². The smallest absolute Gasteiger partial charge is 0.165 e. The molecule has 0 unspecified atom stereocenters. The number of halogens is 2. The molecule has 0 aromatic heterocycles. The molecule has 2 aromatic carbocycles. The van der Waals surface area contributed by atoms with Gasteiger partial charge in [0.1, 0.15) is 11.6 Å². The van der Waals surface area contributed by atoms with Gasteiger partial charge >= 0.3 is 0 Å². The average Bonchev–Trinajstić information content (AvgIpc) is 2.43. The van der Waals surface area contributed by atoms with Crippen LogP contribution in [-0.2, 0) is 6.54 Å². The molecule has 0 aliphatic carbocycles. The third-order valence-corrected chi connectivity index (χ3v) is 3.03. The predicted octanol–water partition coefficient (Wildman–Crippen LogP) is 4.56. The first-order chi connectivity index (χ1) is 9.95. The fourth-order valence-electron chi connectivity index (χ4n) is 1.93. The fourth-order valence-corrected chi connectivity index (χ4v) is 1.93. The van der Waals surface area contributed by atoms with E-state index in [1.807, 2.05) is 32.9 Å². The van der Waals surface area contributed by atoms with E-state index in [-0.39, 0.29) is 5.75 Å². The van der Waals surface area contributed by atoms with Gasteiger partial charge in [0.15, 0.2) is 11.6 Å². The predicted molar refractivity (Wildman–Crippen MR) is 79.6 cm³/mol. The summed E-state index contributed by atoms with van der Waals surface area (Å²) in [6, 6.07) is 9.13. The van der Waals surface area contributed by atoms with Crippen LogP contribution in [0.15, 0.2) is 36.4 Å². The highest BCUT2D eigenvalue weighted by Crippen LogP contribution is 2.29. The first-order valence-corrected chi connectivity index (χ1v) is 6.91. The lowest BCUT2D eigenvalue weighted by molar-refractivity contribution is 0.429. The number of aryl methyl sites for hydroxylation is 1. The van der Waals surface area contributed by atoms with Crippen molar-refractivity contribution in [1.82, 2.24) is 5.32 Å². The zero-order valence-electron chi connectivity index (χ0n) is 12.4. The monoisotopic (exact) mass is 291 g/mol. The van der Waals surface area contributed by atoms with Gasteiger partial charge in [-0.25, -0.2) is 8.78 Å². The lowest BCUT2D eigenvalue weighted by Crippen LogP contribution is -2.22. The lowest BCUT2D eigenvalue weighted by atomic mass is 10.1. The van der Waals surface area contributed by atoms with Gasteiger partial charge in [0.25, 0.3) is 0 Å². The topological polar surface area (TPSA) is 21.3 Å². The Hall–Kier alpha value is -1.94. The first-order valence-electron chi connectivity index (χ1n) is 6.91. The molecule has 2 rings (SSSR count). The lowest BCUT2D eigenvalue weighted by Gasteiger charge is -2.14. The minimum atomic E-state index is -0.584. The highest BCUT2D eigenvalue weighted by molar-refractivity contribution is 5.40. The Labute approximate surface area is 123 Å². The fraction of sp³-hybridized carbons (Fsp3) is 0.294. The molecule has 4 heteroatoms. The van der Waals surface area contributed by atoms with Gasteiger partial charge in [-0.15, -0.1) is 0 Å². The van der Waals surface area contributed by atoms with Gasteiger partial charge in [-0.3, -0.25) is 0 Å². The number of rotatable bonds is 5. The number of hydrogen-bond donors (Lipinski definition) is 1. The van der Waals surface area contributed by atoms with E-state index >= 15 is 0 Å². The van der Waals surface area contributed by atoms with Crippen LogP contribution in [0.5, 0.6) is 11.5 Å². The van der Waals surface area contributed by atoms with Gasteiger partial charge in [0.05, 0.1) is 0 Å². The SMILES string of the molecule is Cc1ccc(Oc2cc(F)ccc2F)c(CNC(C)C)c1. The number of hydrogen-bond acceptors (Lipinski definition) is 2. The van der Waals surface area contributed by atoms with Crippen molar-refractivity contribution in [3.63, 3.8) is 0 Å². The molecular formula is C17H19F2NO. The second-order valence-corrected chi connectivity index (χ2v) is 5.32. The third kappa shape index (κ3) is 4.26. The molecule has 0 aliphatic heterocycles. The molecule has 21 heavy (non-hydrogen) atoms. The zero-order valence-corrected chi connectivity index (χ0v) is 12.4. The van der Waals surface area contributed by atoms with E-state index in [0.717, 1.165) is 29.3 Å². The van der Waals surface area contributed by atoms with E-state index in [1.165, 1.54) is 0 Å². The van der Waals surface area contributed by atoms with E-state index in [1.54, 1.807) is 6.07 Å². The largest absolute Gasteiger partial charge is 0.454 e. The van der Waals surface area contributed by atoms with E-state index in [2.05, 4.69) is 5.32 Å². The first kappa shape index (κ1) is 15.4. The molecule has 0 spiro atoms. The molecule has 2 aromatic rings. The quantitative estimate of drug-likeness (QED) is 0.871. The molecule has 0 atom stereocenters. The average molecular weight is 291 g/mol. The van der Waals surface area contributed by atoms with Crippen molar-refractivity contribution in [3.05, 3.63) is 59.2 Å². The van der Waals surface area contributed by atoms with E-state index in [9.17, 15) is 8.78 Å². The van der Waals surface area contributed by atoms with Crippen LogP contribution in [0.25, 0.3) is 0 Å². The van der Waals surface area contributed by atoms with Gasteiger partial charge in [0, 0.05) is 24.2 Å². The van der Waals surface area contributed by atoms with Crippen molar-refractivity contribution in [1.29, 1.82) is 0 Å². The summed E-state index contributed by atoms with van der Waals surface area (Å²) >= 11 is 0. The second kappa shape index (κ2) is 6.68. The third-order valence-electron chi connectivity index (χ3n) is 3.03. The highest BCUT2D eigenvalue weighted by Gasteiger charge is 2.10. The highest BCUT2D eigenvalue weighted by atomic mass is 19.1. The van der Waals surface area contributed by atoms with Crippen molar-refractivity contribution >= 4 is 0 Å². The van der Waals surface area contributed by atoms with Crippen LogP contribution in [0.1, 0.15) is 25.0 Å². The summed E-state index contributed by atoms with van der Waals surface area (Å²) in [4.78, 5) is 0. The molecule has 0 fully saturated rings. The van der Waals surface area contributed by atoms with Crippen LogP contribution in [-0.4, -0.2) is 6.04 Å². The normalized spacial score (nSPS) is 11.0. The summed E-state index contributed by atoms with van der Waals surface area (Å²) in [5, 5.41) is 3.29. The van der Waals surface area contributed by atoms with Crippen LogP contribution in [0.3, 0.4) is 0 Å².